The SMILES string of the molecule is C1CCCCCC1.O=C1CCCC1S. The van der Waals surface area contributed by atoms with Crippen molar-refractivity contribution in [2.24, 2.45) is 0 Å². The summed E-state index contributed by atoms with van der Waals surface area (Å²) in [6.45, 7) is 0. The van der Waals surface area contributed by atoms with E-state index in [1.807, 2.05) is 0 Å². The Balaban J connectivity index is 0.000000140. The smallest absolute Gasteiger partial charge is 0.145 e. The molecule has 1 nitrogen and oxygen atoms in total. The highest BCUT2D eigenvalue weighted by Crippen LogP contribution is 2.18. The highest BCUT2D eigenvalue weighted by atomic mass is 32.1. The third-order valence-electron chi connectivity index (χ3n) is 3.02. The van der Waals surface area contributed by atoms with Gasteiger partial charge in [0.05, 0.1) is 5.25 Å². The van der Waals surface area contributed by atoms with Crippen LogP contribution in [0.25, 0.3) is 0 Å². The van der Waals surface area contributed by atoms with Gasteiger partial charge in [-0.05, 0) is 12.8 Å². The minimum Gasteiger partial charge on any atom is -0.298 e. The van der Waals surface area contributed by atoms with Gasteiger partial charge in [0.2, 0.25) is 0 Å². The predicted molar refractivity (Wildman–Crippen MR) is 64.0 cm³/mol. The van der Waals surface area contributed by atoms with Gasteiger partial charge in [0, 0.05) is 6.42 Å². The van der Waals surface area contributed by atoms with E-state index in [1.54, 1.807) is 0 Å². The van der Waals surface area contributed by atoms with Crippen molar-refractivity contribution >= 4 is 18.4 Å². The lowest BCUT2D eigenvalue weighted by Crippen LogP contribution is -2.02. The molecule has 0 saturated heterocycles. The van der Waals surface area contributed by atoms with Gasteiger partial charge in [0.25, 0.3) is 0 Å². The zero-order valence-corrected chi connectivity index (χ0v) is 9.90. The number of hydrogen-bond donors (Lipinski definition) is 1. The van der Waals surface area contributed by atoms with Crippen molar-refractivity contribution in [1.29, 1.82) is 0 Å². The fraction of sp³-hybridized carbons (Fsp3) is 0.917. The Hall–Kier alpha value is 0.0200. The molecule has 0 aliphatic heterocycles. The van der Waals surface area contributed by atoms with Crippen molar-refractivity contribution in [3.63, 3.8) is 0 Å². The maximum absolute atomic E-state index is 10.5. The summed E-state index contributed by atoms with van der Waals surface area (Å²) >= 11 is 4.04. The summed E-state index contributed by atoms with van der Waals surface area (Å²) in [5.41, 5.74) is 0. The van der Waals surface area contributed by atoms with E-state index in [4.69, 9.17) is 0 Å². The molecule has 2 rings (SSSR count). The molecule has 0 aromatic rings. The zero-order chi connectivity index (χ0) is 10.2. The van der Waals surface area contributed by atoms with Gasteiger partial charge in [-0.1, -0.05) is 44.9 Å². The van der Waals surface area contributed by atoms with Gasteiger partial charge < -0.3 is 0 Å². The molecule has 0 radical (unpaired) electrons. The lowest BCUT2D eigenvalue weighted by atomic mass is 10.2. The normalized spacial score (nSPS) is 27.8. The molecule has 1 atom stereocenters. The molecule has 2 heteroatoms. The zero-order valence-electron chi connectivity index (χ0n) is 9.00. The topological polar surface area (TPSA) is 17.1 Å². The van der Waals surface area contributed by atoms with E-state index >= 15 is 0 Å². The molecule has 82 valence electrons. The van der Waals surface area contributed by atoms with E-state index < -0.39 is 0 Å². The average Bonchev–Trinajstić information content (AvgIpc) is 2.51. The Kier molecular flexibility index (Phi) is 6.33. The van der Waals surface area contributed by atoms with Gasteiger partial charge >= 0.3 is 0 Å². The Morgan fingerprint density at radius 2 is 1.29 bits per heavy atom. The van der Waals surface area contributed by atoms with Crippen LogP contribution in [-0.4, -0.2) is 11.0 Å². The van der Waals surface area contributed by atoms with E-state index in [-0.39, 0.29) is 5.25 Å². The molecule has 0 aromatic heterocycles. The largest absolute Gasteiger partial charge is 0.298 e. The Morgan fingerprint density at radius 3 is 1.43 bits per heavy atom. The first-order chi connectivity index (χ1) is 6.80. The maximum atomic E-state index is 10.5. The van der Waals surface area contributed by atoms with E-state index in [2.05, 4.69) is 12.6 Å². The molecule has 0 heterocycles. The monoisotopic (exact) mass is 214 g/mol. The third kappa shape index (κ3) is 5.04. The van der Waals surface area contributed by atoms with Gasteiger partial charge in [-0.25, -0.2) is 0 Å². The number of Topliss-reactive ketones (excluding diaryl/α,β-unsaturated/α-hetero) is 1. The van der Waals surface area contributed by atoms with Crippen molar-refractivity contribution in [1.82, 2.24) is 0 Å². The summed E-state index contributed by atoms with van der Waals surface area (Å²) in [4.78, 5) is 10.5. The number of thiol groups is 1. The predicted octanol–water partition coefficient (Wildman–Crippen LogP) is 3.77. The number of ketones is 1. The highest BCUT2D eigenvalue weighted by Gasteiger charge is 2.19. The Bertz CT molecular complexity index is 148. The summed E-state index contributed by atoms with van der Waals surface area (Å²) in [6.07, 6.45) is 13.3. The van der Waals surface area contributed by atoms with Gasteiger partial charge in [-0.3, -0.25) is 4.79 Å². The summed E-state index contributed by atoms with van der Waals surface area (Å²) in [6, 6.07) is 0. The van der Waals surface area contributed by atoms with Crippen LogP contribution in [0.2, 0.25) is 0 Å². The van der Waals surface area contributed by atoms with Crippen LogP contribution in [0.15, 0.2) is 0 Å². The van der Waals surface area contributed by atoms with Gasteiger partial charge in [-0.2, -0.15) is 12.6 Å². The molecule has 0 amide bonds. The van der Waals surface area contributed by atoms with E-state index in [0.717, 1.165) is 19.3 Å². The van der Waals surface area contributed by atoms with Crippen molar-refractivity contribution in [3.8, 4) is 0 Å². The van der Waals surface area contributed by atoms with Gasteiger partial charge in [0.15, 0.2) is 0 Å². The van der Waals surface area contributed by atoms with Crippen LogP contribution < -0.4 is 0 Å². The first kappa shape index (κ1) is 12.1. The highest BCUT2D eigenvalue weighted by molar-refractivity contribution is 7.81. The molecule has 2 aliphatic carbocycles. The number of carbonyl (C=O) groups is 1. The molecule has 0 bridgehead atoms. The van der Waals surface area contributed by atoms with Crippen LogP contribution >= 0.6 is 12.6 Å². The number of carbonyl (C=O) groups excluding carboxylic acids is 1. The third-order valence-corrected chi connectivity index (χ3v) is 3.57. The first-order valence-corrected chi connectivity index (χ1v) is 6.53. The Morgan fingerprint density at radius 1 is 0.857 bits per heavy atom. The lowest BCUT2D eigenvalue weighted by molar-refractivity contribution is -0.116. The molecule has 2 saturated carbocycles. The average molecular weight is 214 g/mol. The van der Waals surface area contributed by atoms with Crippen molar-refractivity contribution in [2.45, 2.75) is 69.5 Å². The van der Waals surface area contributed by atoms with Crippen molar-refractivity contribution in [2.75, 3.05) is 0 Å². The molecular weight excluding hydrogens is 192 g/mol. The fourth-order valence-corrected chi connectivity index (χ4v) is 2.35. The van der Waals surface area contributed by atoms with Gasteiger partial charge in [-0.15, -0.1) is 0 Å². The molecular formula is C12H22OS. The lowest BCUT2D eigenvalue weighted by Gasteiger charge is -1.90. The van der Waals surface area contributed by atoms with Crippen molar-refractivity contribution in [3.05, 3.63) is 0 Å². The van der Waals surface area contributed by atoms with Crippen LogP contribution in [0.3, 0.4) is 0 Å². The number of hydrogen-bond acceptors (Lipinski definition) is 2. The molecule has 2 aliphatic rings. The minimum absolute atomic E-state index is 0.0694. The number of rotatable bonds is 0. The van der Waals surface area contributed by atoms with Crippen LogP contribution in [0.1, 0.15) is 64.2 Å². The summed E-state index contributed by atoms with van der Waals surface area (Å²) in [5, 5.41) is 0.0694. The van der Waals surface area contributed by atoms with Gasteiger partial charge in [0.1, 0.15) is 5.78 Å². The summed E-state index contributed by atoms with van der Waals surface area (Å²) < 4.78 is 0. The molecule has 0 spiro atoms. The van der Waals surface area contributed by atoms with Crippen molar-refractivity contribution < 1.29 is 4.79 Å². The quantitative estimate of drug-likeness (QED) is 0.480. The summed E-state index contributed by atoms with van der Waals surface area (Å²) in [7, 11) is 0. The standard InChI is InChI=1S/C7H14.C5H8OS/c1-2-4-6-7-5-3-1;6-4-2-1-3-5(4)7/h1-7H2;5,7H,1-3H2. The molecule has 2 fully saturated rings. The fourth-order valence-electron chi connectivity index (χ4n) is 2.03. The second-order valence-electron chi connectivity index (χ2n) is 4.35. The molecule has 0 N–H and O–H groups in total. The van der Waals surface area contributed by atoms with Crippen LogP contribution in [0.5, 0.6) is 0 Å². The Labute approximate surface area is 93.1 Å². The van der Waals surface area contributed by atoms with Crippen LogP contribution in [0.4, 0.5) is 0 Å². The minimum atomic E-state index is 0.0694. The van der Waals surface area contributed by atoms with Crippen LogP contribution in [-0.2, 0) is 4.79 Å². The maximum Gasteiger partial charge on any atom is 0.145 e. The second kappa shape index (κ2) is 7.33. The molecule has 14 heavy (non-hydrogen) atoms. The molecule has 1 unspecified atom stereocenters. The first-order valence-electron chi connectivity index (χ1n) is 6.01. The molecule has 0 aromatic carbocycles. The van der Waals surface area contributed by atoms with E-state index in [9.17, 15) is 4.79 Å². The van der Waals surface area contributed by atoms with E-state index in [1.165, 1.54) is 44.9 Å². The van der Waals surface area contributed by atoms with E-state index in [0.29, 0.717) is 5.78 Å². The second-order valence-corrected chi connectivity index (χ2v) is 4.97. The summed E-state index contributed by atoms with van der Waals surface area (Å²) in [5.74, 6) is 0.323. The van der Waals surface area contributed by atoms with Crippen LogP contribution in [0, 0.1) is 0 Å².